The highest BCUT2D eigenvalue weighted by Crippen LogP contribution is 2.58. The van der Waals surface area contributed by atoms with E-state index in [0.29, 0.717) is 0 Å². The third-order valence-electron chi connectivity index (χ3n) is 16.2. The van der Waals surface area contributed by atoms with Crippen LogP contribution in [0, 0.1) is 59.2 Å². The number of hydrogen-bond donors (Lipinski definition) is 0. The summed E-state index contributed by atoms with van der Waals surface area (Å²) >= 11 is 0. The van der Waals surface area contributed by atoms with Crippen LogP contribution in [0.2, 0.25) is 0 Å². The molecule has 0 bridgehead atoms. The Hall–Kier alpha value is -0.0800. The summed E-state index contributed by atoms with van der Waals surface area (Å²) in [7, 11) is 0. The van der Waals surface area contributed by atoms with Crippen molar-refractivity contribution in [2.24, 2.45) is 59.2 Å². The van der Waals surface area contributed by atoms with Crippen LogP contribution in [-0.4, -0.2) is 46.1 Å². The first-order valence-electron chi connectivity index (χ1n) is 20.0. The fraction of sp³-hybridized carbons (Fsp3) is 1.00. The number of nitrogens with zero attached hydrogens (tertiary/aromatic N) is 2. The SMILES string of the molecule is CC1CCC(N2C3CCCCC3C3CCC(C4CCC5C6CCCCC6N(C6CCC(C)CC6C)C5C4)CC32)C(C)C1. The molecule has 2 saturated heterocycles. The summed E-state index contributed by atoms with van der Waals surface area (Å²) in [6.45, 7) is 10.4. The van der Waals surface area contributed by atoms with Crippen molar-refractivity contribution >= 4 is 0 Å². The van der Waals surface area contributed by atoms with Crippen LogP contribution >= 0.6 is 0 Å². The van der Waals surface area contributed by atoms with Gasteiger partial charge in [-0.05, 0) is 162 Å². The van der Waals surface area contributed by atoms with E-state index in [1.165, 1.54) is 77.0 Å². The van der Waals surface area contributed by atoms with Gasteiger partial charge < -0.3 is 0 Å². The van der Waals surface area contributed by atoms with Gasteiger partial charge in [0.05, 0.1) is 0 Å². The van der Waals surface area contributed by atoms with Gasteiger partial charge in [-0.2, -0.15) is 0 Å². The first-order chi connectivity index (χ1) is 20.5. The Kier molecular flexibility index (Phi) is 8.33. The molecule has 0 N–H and O–H groups in total. The van der Waals surface area contributed by atoms with Crippen molar-refractivity contribution in [3.63, 3.8) is 0 Å². The Balaban J connectivity index is 1.02. The van der Waals surface area contributed by atoms with E-state index in [-0.39, 0.29) is 0 Å². The minimum Gasteiger partial charge on any atom is -0.294 e. The van der Waals surface area contributed by atoms with E-state index in [1.54, 1.807) is 51.4 Å². The summed E-state index contributed by atoms with van der Waals surface area (Å²) in [5, 5.41) is 0. The predicted molar refractivity (Wildman–Crippen MR) is 176 cm³/mol. The molecule has 16 unspecified atom stereocenters. The number of fused-ring (bicyclic) bond motifs is 6. The molecule has 2 heteroatoms. The average molecular weight is 577 g/mol. The molecule has 6 aliphatic carbocycles. The number of rotatable bonds is 3. The standard InChI is InChI=1S/C40H68N2/c1-25-13-19-35(27(3)21-25)41-37-11-7-5-9-31(37)33-17-15-29(23-39(33)41)30-16-18-34-32-10-6-8-12-38(32)42(40(34)24-30)36-20-14-26(2)22-28(36)4/h25-40H,5-24H2,1-4H3. The van der Waals surface area contributed by atoms with E-state index in [2.05, 4.69) is 37.5 Å². The van der Waals surface area contributed by atoms with Gasteiger partial charge in [-0.1, -0.05) is 53.4 Å². The summed E-state index contributed by atoms with van der Waals surface area (Å²) < 4.78 is 0. The summed E-state index contributed by atoms with van der Waals surface area (Å²) in [4.78, 5) is 6.62. The normalized spacial score (nSPS) is 55.4. The molecule has 0 aromatic carbocycles. The van der Waals surface area contributed by atoms with E-state index < -0.39 is 0 Å². The van der Waals surface area contributed by atoms with Crippen LogP contribution in [0.1, 0.15) is 156 Å². The van der Waals surface area contributed by atoms with Gasteiger partial charge in [-0.25, -0.2) is 0 Å². The number of likely N-dealkylation sites (tertiary alicyclic amines) is 2. The topological polar surface area (TPSA) is 6.48 Å². The average Bonchev–Trinajstić information content (AvgIpc) is 3.49. The van der Waals surface area contributed by atoms with Crippen LogP contribution in [-0.2, 0) is 0 Å². The summed E-state index contributed by atoms with van der Waals surface area (Å²) in [5.41, 5.74) is 0. The van der Waals surface area contributed by atoms with Crippen LogP contribution in [0.25, 0.3) is 0 Å². The number of hydrogen-bond acceptors (Lipinski definition) is 2. The Morgan fingerprint density at radius 1 is 0.333 bits per heavy atom. The maximum atomic E-state index is 3.31. The van der Waals surface area contributed by atoms with Gasteiger partial charge in [0, 0.05) is 36.3 Å². The molecule has 0 aromatic heterocycles. The lowest BCUT2D eigenvalue weighted by Crippen LogP contribution is -2.53. The van der Waals surface area contributed by atoms with Gasteiger partial charge >= 0.3 is 0 Å². The van der Waals surface area contributed by atoms with Crippen molar-refractivity contribution in [3.8, 4) is 0 Å². The predicted octanol–water partition coefficient (Wildman–Crippen LogP) is 9.95. The van der Waals surface area contributed by atoms with Crippen LogP contribution < -0.4 is 0 Å². The molecule has 2 heterocycles. The zero-order valence-electron chi connectivity index (χ0n) is 28.3. The Morgan fingerprint density at radius 2 is 0.738 bits per heavy atom. The largest absolute Gasteiger partial charge is 0.294 e. The zero-order valence-corrected chi connectivity index (χ0v) is 28.3. The summed E-state index contributed by atoms with van der Waals surface area (Å²) in [6, 6.07) is 5.59. The van der Waals surface area contributed by atoms with Crippen LogP contribution in [0.3, 0.4) is 0 Å². The molecule has 0 spiro atoms. The van der Waals surface area contributed by atoms with E-state index in [4.69, 9.17) is 0 Å². The fourth-order valence-electron chi connectivity index (χ4n) is 14.6. The summed E-state index contributed by atoms with van der Waals surface area (Å²) in [6.07, 6.45) is 30.8. The first-order valence-corrected chi connectivity index (χ1v) is 20.0. The lowest BCUT2D eigenvalue weighted by Gasteiger charge is -2.50. The lowest BCUT2D eigenvalue weighted by molar-refractivity contribution is -0.00500. The minimum atomic E-state index is 0.903. The van der Waals surface area contributed by atoms with E-state index >= 15 is 0 Å². The molecule has 2 nitrogen and oxygen atoms in total. The minimum absolute atomic E-state index is 0.903. The second-order valence-corrected chi connectivity index (χ2v) is 18.5. The smallest absolute Gasteiger partial charge is 0.0136 e. The van der Waals surface area contributed by atoms with E-state index in [0.717, 1.165) is 95.4 Å². The Labute approximate surface area is 260 Å². The fourth-order valence-corrected chi connectivity index (χ4v) is 14.6. The molecule has 2 aliphatic heterocycles. The molecule has 238 valence electrons. The van der Waals surface area contributed by atoms with Crippen molar-refractivity contribution in [1.29, 1.82) is 0 Å². The molecule has 6 saturated carbocycles. The molecule has 0 aromatic rings. The van der Waals surface area contributed by atoms with Gasteiger partial charge in [-0.3, -0.25) is 9.80 Å². The monoisotopic (exact) mass is 577 g/mol. The highest BCUT2D eigenvalue weighted by atomic mass is 15.3. The van der Waals surface area contributed by atoms with Crippen LogP contribution in [0.4, 0.5) is 0 Å². The molecule has 16 atom stereocenters. The molecular formula is C40H68N2. The van der Waals surface area contributed by atoms with Gasteiger partial charge in [0.2, 0.25) is 0 Å². The molecule has 0 amide bonds. The molecule has 42 heavy (non-hydrogen) atoms. The third kappa shape index (κ3) is 5.00. The zero-order chi connectivity index (χ0) is 28.5. The highest BCUT2D eigenvalue weighted by Gasteiger charge is 2.57. The molecule has 0 radical (unpaired) electrons. The second-order valence-electron chi connectivity index (χ2n) is 18.5. The highest BCUT2D eigenvalue weighted by molar-refractivity contribution is 5.10. The first kappa shape index (κ1) is 29.3. The van der Waals surface area contributed by atoms with Crippen LogP contribution in [0.5, 0.6) is 0 Å². The van der Waals surface area contributed by atoms with Crippen molar-refractivity contribution in [2.45, 2.75) is 192 Å². The second kappa shape index (κ2) is 11.9. The molecular weight excluding hydrogens is 508 g/mol. The summed E-state index contributed by atoms with van der Waals surface area (Å²) in [5.74, 6) is 10.0. The van der Waals surface area contributed by atoms with Crippen LogP contribution in [0.15, 0.2) is 0 Å². The third-order valence-corrected chi connectivity index (χ3v) is 16.2. The van der Waals surface area contributed by atoms with Crippen molar-refractivity contribution in [3.05, 3.63) is 0 Å². The van der Waals surface area contributed by atoms with Gasteiger partial charge in [0.25, 0.3) is 0 Å². The van der Waals surface area contributed by atoms with Crippen molar-refractivity contribution in [2.75, 3.05) is 0 Å². The Morgan fingerprint density at radius 3 is 1.17 bits per heavy atom. The maximum Gasteiger partial charge on any atom is 0.0136 e. The van der Waals surface area contributed by atoms with Gasteiger partial charge in [-0.15, -0.1) is 0 Å². The van der Waals surface area contributed by atoms with E-state index in [9.17, 15) is 0 Å². The molecule has 8 rings (SSSR count). The Bertz CT molecular complexity index is 857. The lowest BCUT2D eigenvalue weighted by atomic mass is 9.63. The maximum absolute atomic E-state index is 3.31. The molecule has 8 fully saturated rings. The van der Waals surface area contributed by atoms with E-state index in [1.807, 2.05) is 0 Å². The molecule has 8 aliphatic rings. The van der Waals surface area contributed by atoms with Gasteiger partial charge in [0.1, 0.15) is 0 Å². The van der Waals surface area contributed by atoms with Crippen molar-refractivity contribution < 1.29 is 0 Å². The van der Waals surface area contributed by atoms with Gasteiger partial charge in [0.15, 0.2) is 0 Å². The van der Waals surface area contributed by atoms with Crippen molar-refractivity contribution in [1.82, 2.24) is 9.80 Å². The quantitative estimate of drug-likeness (QED) is 0.330.